The molecule has 0 bridgehead atoms. The third kappa shape index (κ3) is 2.77. The highest BCUT2D eigenvalue weighted by Crippen LogP contribution is 2.13. The van der Waals surface area contributed by atoms with Gasteiger partial charge < -0.3 is 5.73 Å². The zero-order valence-electron chi connectivity index (χ0n) is 11.9. The molecule has 2 heterocycles. The van der Waals surface area contributed by atoms with E-state index in [4.69, 9.17) is 5.73 Å². The van der Waals surface area contributed by atoms with Crippen molar-refractivity contribution in [3.8, 4) is 0 Å². The number of aryl methyl sites for hydroxylation is 2. The van der Waals surface area contributed by atoms with E-state index in [9.17, 15) is 0 Å². The zero-order chi connectivity index (χ0) is 13.8. The number of hydrogen-bond acceptors (Lipinski definition) is 4. The summed E-state index contributed by atoms with van der Waals surface area (Å²) in [6, 6.07) is 2.14. The van der Waals surface area contributed by atoms with Crippen molar-refractivity contribution in [2.24, 2.45) is 0 Å². The average Bonchev–Trinajstić information content (AvgIpc) is 2.97. The largest absolute Gasteiger partial charge is 0.381 e. The van der Waals surface area contributed by atoms with E-state index < -0.39 is 0 Å². The lowest BCUT2D eigenvalue weighted by molar-refractivity contribution is 0.549. The molecule has 2 rings (SSSR count). The van der Waals surface area contributed by atoms with Gasteiger partial charge in [0.25, 0.3) is 0 Å². The first-order chi connectivity index (χ1) is 9.19. The van der Waals surface area contributed by atoms with E-state index in [1.165, 1.54) is 0 Å². The fourth-order valence-corrected chi connectivity index (χ4v) is 2.21. The van der Waals surface area contributed by atoms with Crippen molar-refractivity contribution in [3.63, 3.8) is 0 Å². The molecule has 0 aliphatic carbocycles. The molecule has 104 valence electrons. The molecule has 0 unspecified atom stereocenters. The Morgan fingerprint density at radius 1 is 1.21 bits per heavy atom. The molecule has 0 aromatic carbocycles. The molecular weight excluding hydrogens is 240 g/mol. The lowest BCUT2D eigenvalue weighted by atomic mass is 10.2. The summed E-state index contributed by atoms with van der Waals surface area (Å²) >= 11 is 0. The molecule has 0 aliphatic heterocycles. The van der Waals surface area contributed by atoms with Gasteiger partial charge in [0.15, 0.2) is 5.82 Å². The van der Waals surface area contributed by atoms with Gasteiger partial charge in [0, 0.05) is 6.54 Å². The van der Waals surface area contributed by atoms with Crippen LogP contribution < -0.4 is 5.73 Å². The summed E-state index contributed by atoms with van der Waals surface area (Å²) in [6.07, 6.45) is 2.88. The Bertz CT molecular complexity index is 539. The van der Waals surface area contributed by atoms with Crippen molar-refractivity contribution < 1.29 is 0 Å². The maximum absolute atomic E-state index is 5.87. The molecule has 2 aromatic heterocycles. The Morgan fingerprint density at radius 2 is 2.00 bits per heavy atom. The van der Waals surface area contributed by atoms with E-state index in [0.717, 1.165) is 42.9 Å². The van der Waals surface area contributed by atoms with Crippen molar-refractivity contribution in [1.29, 1.82) is 0 Å². The van der Waals surface area contributed by atoms with Gasteiger partial charge in [-0.2, -0.15) is 5.10 Å². The van der Waals surface area contributed by atoms with Crippen molar-refractivity contribution in [1.82, 2.24) is 24.8 Å². The van der Waals surface area contributed by atoms with Gasteiger partial charge in [-0.1, -0.05) is 25.5 Å². The molecule has 0 radical (unpaired) electrons. The normalized spacial score (nSPS) is 11.1. The fraction of sp³-hybridized carbons (Fsp3) is 0.615. The summed E-state index contributed by atoms with van der Waals surface area (Å²) in [5.41, 5.74) is 9.15. The summed E-state index contributed by atoms with van der Waals surface area (Å²) in [4.78, 5) is 0. The van der Waals surface area contributed by atoms with Crippen LogP contribution in [0.25, 0.3) is 0 Å². The molecule has 0 atom stereocenters. The Labute approximate surface area is 113 Å². The second kappa shape index (κ2) is 5.86. The van der Waals surface area contributed by atoms with Crippen LogP contribution in [0.15, 0.2) is 6.07 Å². The molecule has 2 aromatic rings. The Balaban J connectivity index is 2.27. The predicted molar refractivity (Wildman–Crippen MR) is 74.8 cm³/mol. The molecule has 2 N–H and O–H groups in total. The van der Waals surface area contributed by atoms with Crippen molar-refractivity contribution in [2.45, 2.75) is 53.1 Å². The van der Waals surface area contributed by atoms with Crippen LogP contribution in [0.4, 0.5) is 5.82 Å². The standard InChI is InChI=1S/C13H22N6/c1-4-7-12-13(14)15-17-19(12)9-11-8-10(5-2)16-18(11)6-3/h8H,4-7,9,14H2,1-3H3. The van der Waals surface area contributed by atoms with Crippen molar-refractivity contribution in [2.75, 3.05) is 5.73 Å². The number of anilines is 1. The molecule has 0 saturated carbocycles. The molecule has 19 heavy (non-hydrogen) atoms. The number of nitrogens with two attached hydrogens (primary N) is 1. The molecule has 6 heteroatoms. The van der Waals surface area contributed by atoms with E-state index in [-0.39, 0.29) is 0 Å². The van der Waals surface area contributed by atoms with Gasteiger partial charge in [-0.25, -0.2) is 4.68 Å². The topological polar surface area (TPSA) is 74.6 Å². The number of hydrogen-bond donors (Lipinski definition) is 1. The number of nitrogens with zero attached hydrogens (tertiary/aromatic N) is 5. The third-order valence-corrected chi connectivity index (χ3v) is 3.24. The summed E-state index contributed by atoms with van der Waals surface area (Å²) in [5, 5.41) is 12.7. The van der Waals surface area contributed by atoms with Crippen LogP contribution in [0, 0.1) is 0 Å². The number of aromatic nitrogens is 5. The molecule has 0 saturated heterocycles. The molecule has 0 spiro atoms. The zero-order valence-corrected chi connectivity index (χ0v) is 11.9. The first kappa shape index (κ1) is 13.6. The highest BCUT2D eigenvalue weighted by atomic mass is 15.5. The molecule has 0 aliphatic rings. The minimum absolute atomic E-state index is 0.542. The summed E-state index contributed by atoms with van der Waals surface area (Å²) in [6.45, 7) is 7.88. The summed E-state index contributed by atoms with van der Waals surface area (Å²) < 4.78 is 3.91. The van der Waals surface area contributed by atoms with Crippen LogP contribution in [-0.2, 0) is 25.9 Å². The molecule has 6 nitrogen and oxygen atoms in total. The van der Waals surface area contributed by atoms with Gasteiger partial charge in [0.2, 0.25) is 0 Å². The maximum Gasteiger partial charge on any atom is 0.169 e. The van der Waals surface area contributed by atoms with Crippen LogP contribution >= 0.6 is 0 Å². The highest BCUT2D eigenvalue weighted by molar-refractivity contribution is 5.33. The van der Waals surface area contributed by atoms with Crippen LogP contribution in [0.5, 0.6) is 0 Å². The first-order valence-electron chi connectivity index (χ1n) is 6.92. The van der Waals surface area contributed by atoms with Gasteiger partial charge in [-0.3, -0.25) is 4.68 Å². The summed E-state index contributed by atoms with van der Waals surface area (Å²) in [5.74, 6) is 0.542. The van der Waals surface area contributed by atoms with Crippen LogP contribution in [0.1, 0.15) is 44.3 Å². The van der Waals surface area contributed by atoms with E-state index in [1.807, 2.05) is 9.36 Å². The smallest absolute Gasteiger partial charge is 0.169 e. The van der Waals surface area contributed by atoms with E-state index in [2.05, 4.69) is 42.2 Å². The van der Waals surface area contributed by atoms with Gasteiger partial charge in [-0.05, 0) is 25.8 Å². The van der Waals surface area contributed by atoms with Gasteiger partial charge in [-0.15, -0.1) is 5.10 Å². The van der Waals surface area contributed by atoms with Crippen LogP contribution in [0.2, 0.25) is 0 Å². The quantitative estimate of drug-likeness (QED) is 0.858. The van der Waals surface area contributed by atoms with Crippen molar-refractivity contribution in [3.05, 3.63) is 23.1 Å². The minimum atomic E-state index is 0.542. The van der Waals surface area contributed by atoms with Gasteiger partial charge in [0.05, 0.1) is 23.6 Å². The minimum Gasteiger partial charge on any atom is -0.381 e. The van der Waals surface area contributed by atoms with Gasteiger partial charge >= 0.3 is 0 Å². The predicted octanol–water partition coefficient (Wildman–Crippen LogP) is 1.64. The molecule has 0 fully saturated rings. The van der Waals surface area contributed by atoms with Gasteiger partial charge in [0.1, 0.15) is 0 Å². The fourth-order valence-electron chi connectivity index (χ4n) is 2.21. The van der Waals surface area contributed by atoms with E-state index in [1.54, 1.807) is 0 Å². The van der Waals surface area contributed by atoms with Crippen LogP contribution in [-0.4, -0.2) is 24.8 Å². The maximum atomic E-state index is 5.87. The second-order valence-electron chi connectivity index (χ2n) is 4.63. The summed E-state index contributed by atoms with van der Waals surface area (Å²) in [7, 11) is 0. The molecule has 0 amide bonds. The second-order valence-corrected chi connectivity index (χ2v) is 4.63. The van der Waals surface area contributed by atoms with E-state index >= 15 is 0 Å². The lowest BCUT2D eigenvalue weighted by Crippen LogP contribution is -2.12. The SMILES string of the molecule is CCCc1c(N)nnn1Cc1cc(CC)nn1CC. The Kier molecular flexibility index (Phi) is 4.19. The first-order valence-corrected chi connectivity index (χ1v) is 6.92. The Morgan fingerprint density at radius 3 is 2.63 bits per heavy atom. The monoisotopic (exact) mass is 262 g/mol. The Hall–Kier alpha value is -1.85. The third-order valence-electron chi connectivity index (χ3n) is 3.24. The number of rotatable bonds is 6. The average molecular weight is 262 g/mol. The van der Waals surface area contributed by atoms with Crippen molar-refractivity contribution >= 4 is 5.82 Å². The molecular formula is C13H22N6. The van der Waals surface area contributed by atoms with E-state index in [0.29, 0.717) is 12.4 Å². The van der Waals surface area contributed by atoms with Crippen LogP contribution in [0.3, 0.4) is 0 Å². The highest BCUT2D eigenvalue weighted by Gasteiger charge is 2.12. The number of nitrogen functional groups attached to an aromatic ring is 1. The lowest BCUT2D eigenvalue weighted by Gasteiger charge is -2.07.